The molecule has 1 aliphatic rings. The quantitative estimate of drug-likeness (QED) is 0.641. The second-order valence-corrected chi connectivity index (χ2v) is 4.52. The zero-order valence-electron chi connectivity index (χ0n) is 11.6. The molecule has 0 unspecified atom stereocenters. The van der Waals surface area contributed by atoms with Crippen LogP contribution in [0.3, 0.4) is 0 Å². The van der Waals surface area contributed by atoms with E-state index in [1.165, 1.54) is 24.1 Å². The number of benzene rings is 1. The minimum absolute atomic E-state index is 0.996. The molecule has 1 aliphatic heterocycles. The molecule has 0 atom stereocenters. The number of aliphatic imine (C=N–C) groups is 1. The van der Waals surface area contributed by atoms with Crippen molar-refractivity contribution in [3.05, 3.63) is 53.8 Å². The van der Waals surface area contributed by atoms with Crippen molar-refractivity contribution in [1.29, 1.82) is 0 Å². The molecule has 0 fully saturated rings. The van der Waals surface area contributed by atoms with Crippen molar-refractivity contribution >= 4 is 11.4 Å². The molecule has 0 spiro atoms. The minimum Gasteiger partial charge on any atom is -0.394 e. The highest BCUT2D eigenvalue weighted by Crippen LogP contribution is 2.23. The Labute approximate surface area is 115 Å². The van der Waals surface area contributed by atoms with Gasteiger partial charge in [0.2, 0.25) is 0 Å². The summed E-state index contributed by atoms with van der Waals surface area (Å²) in [5, 5.41) is 6.41. The van der Waals surface area contributed by atoms with Crippen molar-refractivity contribution in [1.82, 2.24) is 5.32 Å². The summed E-state index contributed by atoms with van der Waals surface area (Å²) in [4.78, 5) is 4.35. The molecule has 3 nitrogen and oxygen atoms in total. The monoisotopic (exact) mass is 255 g/mol. The topological polar surface area (TPSA) is 36.4 Å². The smallest absolute Gasteiger partial charge is 0.0643 e. The van der Waals surface area contributed by atoms with Crippen molar-refractivity contribution in [2.75, 3.05) is 26.0 Å². The maximum atomic E-state index is 4.35. The first-order valence-corrected chi connectivity index (χ1v) is 6.69. The van der Waals surface area contributed by atoms with Gasteiger partial charge in [-0.15, -0.1) is 0 Å². The molecule has 1 aromatic carbocycles. The Morgan fingerprint density at radius 1 is 1.37 bits per heavy atom. The first-order valence-electron chi connectivity index (χ1n) is 6.69. The Bertz CT molecular complexity index is 513. The van der Waals surface area contributed by atoms with E-state index < -0.39 is 0 Å². The lowest BCUT2D eigenvalue weighted by Gasteiger charge is -2.18. The van der Waals surface area contributed by atoms with Gasteiger partial charge in [0.15, 0.2) is 0 Å². The van der Waals surface area contributed by atoms with Gasteiger partial charge >= 0.3 is 0 Å². The standard InChI is InChI=1S/C16H21N3/c1-17-10-4-3-7-15(18-2)14-9-8-13-6-5-11-19-16(13)12-14/h3-4,7-10,12,17,19H,5-6,11H2,1-2H3/b7-3-,10-4+,18-15+. The Morgan fingerprint density at radius 3 is 3.05 bits per heavy atom. The molecule has 1 heterocycles. The second kappa shape index (κ2) is 6.78. The highest BCUT2D eigenvalue weighted by Gasteiger charge is 2.09. The van der Waals surface area contributed by atoms with Crippen LogP contribution in [0.1, 0.15) is 17.5 Å². The van der Waals surface area contributed by atoms with E-state index in [4.69, 9.17) is 0 Å². The number of fused-ring (bicyclic) bond motifs is 1. The molecule has 1 aromatic rings. The van der Waals surface area contributed by atoms with E-state index in [0.29, 0.717) is 0 Å². The number of allylic oxidation sites excluding steroid dienone is 3. The van der Waals surface area contributed by atoms with Crippen molar-refractivity contribution in [2.24, 2.45) is 4.99 Å². The van der Waals surface area contributed by atoms with Gasteiger partial charge in [0.25, 0.3) is 0 Å². The number of anilines is 1. The molecule has 0 saturated heterocycles. The van der Waals surface area contributed by atoms with Gasteiger partial charge in [0.05, 0.1) is 5.71 Å². The zero-order valence-corrected chi connectivity index (χ0v) is 11.6. The molecular formula is C16H21N3. The molecule has 2 N–H and O–H groups in total. The number of hydrogen-bond donors (Lipinski definition) is 2. The minimum atomic E-state index is 0.996. The maximum Gasteiger partial charge on any atom is 0.0643 e. The summed E-state index contributed by atoms with van der Waals surface area (Å²) in [5.74, 6) is 0. The molecule has 0 amide bonds. The van der Waals surface area contributed by atoms with Gasteiger partial charge in [0, 0.05) is 31.9 Å². The van der Waals surface area contributed by atoms with E-state index in [2.05, 4.69) is 33.8 Å². The normalized spacial score (nSPS) is 15.6. The van der Waals surface area contributed by atoms with Gasteiger partial charge in [-0.3, -0.25) is 4.99 Å². The van der Waals surface area contributed by atoms with Crippen LogP contribution in [0.2, 0.25) is 0 Å². The van der Waals surface area contributed by atoms with Crippen LogP contribution in [0.4, 0.5) is 5.69 Å². The van der Waals surface area contributed by atoms with Gasteiger partial charge in [0.1, 0.15) is 0 Å². The van der Waals surface area contributed by atoms with Crippen molar-refractivity contribution in [3.63, 3.8) is 0 Å². The Balaban J connectivity index is 2.19. The van der Waals surface area contributed by atoms with Crippen LogP contribution in [0.15, 0.2) is 47.6 Å². The third-order valence-electron chi connectivity index (χ3n) is 3.21. The molecule has 3 heteroatoms. The Morgan fingerprint density at radius 2 is 2.26 bits per heavy atom. The van der Waals surface area contributed by atoms with E-state index in [-0.39, 0.29) is 0 Å². The number of nitrogens with zero attached hydrogens (tertiary/aromatic N) is 1. The predicted octanol–water partition coefficient (Wildman–Crippen LogP) is 2.75. The summed E-state index contributed by atoms with van der Waals surface area (Å²) in [6.45, 7) is 1.07. The third kappa shape index (κ3) is 3.47. The van der Waals surface area contributed by atoms with Crippen LogP contribution in [-0.2, 0) is 6.42 Å². The average molecular weight is 255 g/mol. The van der Waals surface area contributed by atoms with Crippen LogP contribution in [0, 0.1) is 0 Å². The van der Waals surface area contributed by atoms with Crippen LogP contribution in [0.25, 0.3) is 0 Å². The van der Waals surface area contributed by atoms with Gasteiger partial charge < -0.3 is 10.6 Å². The zero-order chi connectivity index (χ0) is 13.5. The van der Waals surface area contributed by atoms with E-state index >= 15 is 0 Å². The molecule has 0 bridgehead atoms. The molecule has 100 valence electrons. The average Bonchev–Trinajstić information content (AvgIpc) is 2.47. The number of rotatable bonds is 4. The van der Waals surface area contributed by atoms with Crippen LogP contribution in [0.5, 0.6) is 0 Å². The van der Waals surface area contributed by atoms with Crippen LogP contribution >= 0.6 is 0 Å². The highest BCUT2D eigenvalue weighted by atomic mass is 14.9. The van der Waals surface area contributed by atoms with E-state index in [1.54, 1.807) is 0 Å². The lowest BCUT2D eigenvalue weighted by atomic mass is 9.99. The van der Waals surface area contributed by atoms with Gasteiger partial charge in [-0.05, 0) is 42.8 Å². The number of nitrogens with one attached hydrogen (secondary N) is 2. The third-order valence-corrected chi connectivity index (χ3v) is 3.21. The fourth-order valence-electron chi connectivity index (χ4n) is 2.22. The Kier molecular flexibility index (Phi) is 4.78. The molecule has 0 aliphatic carbocycles. The molecule has 0 saturated carbocycles. The molecule has 0 radical (unpaired) electrons. The number of hydrogen-bond acceptors (Lipinski definition) is 3. The maximum absolute atomic E-state index is 4.35. The fourth-order valence-corrected chi connectivity index (χ4v) is 2.22. The lowest BCUT2D eigenvalue weighted by Crippen LogP contribution is -2.12. The van der Waals surface area contributed by atoms with Crippen molar-refractivity contribution in [3.8, 4) is 0 Å². The highest BCUT2D eigenvalue weighted by molar-refractivity contribution is 6.09. The van der Waals surface area contributed by atoms with E-state index in [1.807, 2.05) is 38.5 Å². The summed E-state index contributed by atoms with van der Waals surface area (Å²) in [6, 6.07) is 6.56. The van der Waals surface area contributed by atoms with E-state index in [0.717, 1.165) is 17.8 Å². The SMILES string of the molecule is C\N=C(/C=C\C=C\NC)c1ccc2c(c1)NCCC2. The first kappa shape index (κ1) is 13.4. The largest absolute Gasteiger partial charge is 0.394 e. The van der Waals surface area contributed by atoms with E-state index in [9.17, 15) is 0 Å². The van der Waals surface area contributed by atoms with Crippen LogP contribution < -0.4 is 10.6 Å². The predicted molar refractivity (Wildman–Crippen MR) is 83.1 cm³/mol. The molecule has 0 aromatic heterocycles. The first-order chi connectivity index (χ1) is 9.35. The molecule has 19 heavy (non-hydrogen) atoms. The summed E-state index contributed by atoms with van der Waals surface area (Å²) in [6.07, 6.45) is 10.3. The molecular weight excluding hydrogens is 234 g/mol. The second-order valence-electron chi connectivity index (χ2n) is 4.52. The number of aryl methyl sites for hydroxylation is 1. The van der Waals surface area contributed by atoms with Crippen molar-refractivity contribution in [2.45, 2.75) is 12.8 Å². The van der Waals surface area contributed by atoms with Gasteiger partial charge in [-0.25, -0.2) is 0 Å². The summed E-state index contributed by atoms with van der Waals surface area (Å²) < 4.78 is 0. The lowest BCUT2D eigenvalue weighted by molar-refractivity contribution is 0.830. The van der Waals surface area contributed by atoms with Gasteiger partial charge in [-0.1, -0.05) is 18.2 Å². The summed E-state index contributed by atoms with van der Waals surface area (Å²) >= 11 is 0. The van der Waals surface area contributed by atoms with Crippen LogP contribution in [-0.4, -0.2) is 26.4 Å². The summed E-state index contributed by atoms with van der Waals surface area (Å²) in [5.41, 5.74) is 4.81. The van der Waals surface area contributed by atoms with Gasteiger partial charge in [-0.2, -0.15) is 0 Å². The Hall–Kier alpha value is -2.03. The fraction of sp³-hybridized carbons (Fsp3) is 0.312. The summed E-state index contributed by atoms with van der Waals surface area (Å²) in [7, 11) is 3.71. The molecule has 2 rings (SSSR count). The van der Waals surface area contributed by atoms with Crippen molar-refractivity contribution < 1.29 is 0 Å².